The number of ether oxygens (including phenoxy) is 1. The molecule has 1 aromatic carbocycles. The van der Waals surface area contributed by atoms with Crippen LogP contribution < -0.4 is 5.73 Å². The van der Waals surface area contributed by atoms with Crippen LogP contribution in [0.1, 0.15) is 12.0 Å². The first-order valence-corrected chi connectivity index (χ1v) is 6.96. The lowest BCUT2D eigenvalue weighted by molar-refractivity contribution is 0.107. The lowest BCUT2D eigenvalue weighted by Crippen LogP contribution is -2.22. The van der Waals surface area contributed by atoms with Crippen molar-refractivity contribution in [3.05, 3.63) is 23.8 Å². The van der Waals surface area contributed by atoms with Gasteiger partial charge in [0.15, 0.2) is 5.13 Å². The third-order valence-corrected chi connectivity index (χ3v) is 4.29. The molecule has 1 atom stereocenters. The van der Waals surface area contributed by atoms with Crippen molar-refractivity contribution in [1.29, 1.82) is 0 Å². The molecule has 1 unspecified atom stereocenters. The molecule has 18 heavy (non-hydrogen) atoms. The second kappa shape index (κ2) is 4.84. The Balaban J connectivity index is 1.74. The van der Waals surface area contributed by atoms with Gasteiger partial charge in [-0.3, -0.25) is 4.90 Å². The smallest absolute Gasteiger partial charge is 0.181 e. The number of thiazole rings is 1. The molecule has 4 nitrogen and oxygen atoms in total. The number of aromatic nitrogens is 1. The van der Waals surface area contributed by atoms with Crippen LogP contribution in [0.25, 0.3) is 10.2 Å². The molecule has 2 heterocycles. The van der Waals surface area contributed by atoms with Gasteiger partial charge in [-0.2, -0.15) is 0 Å². The number of benzene rings is 1. The molecule has 3 rings (SSSR count). The average molecular weight is 263 g/mol. The van der Waals surface area contributed by atoms with Gasteiger partial charge in [-0.15, -0.1) is 0 Å². The van der Waals surface area contributed by atoms with Crippen molar-refractivity contribution in [3.8, 4) is 0 Å². The van der Waals surface area contributed by atoms with E-state index >= 15 is 0 Å². The molecule has 0 amide bonds. The van der Waals surface area contributed by atoms with Crippen molar-refractivity contribution in [1.82, 2.24) is 9.88 Å². The van der Waals surface area contributed by atoms with E-state index in [2.05, 4.69) is 28.1 Å². The number of likely N-dealkylation sites (tertiary alicyclic amines) is 1. The van der Waals surface area contributed by atoms with Gasteiger partial charge in [-0.25, -0.2) is 4.98 Å². The van der Waals surface area contributed by atoms with E-state index < -0.39 is 0 Å². The van der Waals surface area contributed by atoms with E-state index in [-0.39, 0.29) is 0 Å². The van der Waals surface area contributed by atoms with Crippen molar-refractivity contribution in [2.24, 2.45) is 0 Å². The Morgan fingerprint density at radius 1 is 1.56 bits per heavy atom. The van der Waals surface area contributed by atoms with Crippen LogP contribution in [-0.4, -0.2) is 36.2 Å². The van der Waals surface area contributed by atoms with Gasteiger partial charge in [0.2, 0.25) is 0 Å². The lowest BCUT2D eigenvalue weighted by Gasteiger charge is -2.15. The molecule has 1 aliphatic rings. The highest BCUT2D eigenvalue weighted by Gasteiger charge is 2.21. The van der Waals surface area contributed by atoms with Crippen LogP contribution in [0.15, 0.2) is 18.2 Å². The maximum Gasteiger partial charge on any atom is 0.181 e. The van der Waals surface area contributed by atoms with E-state index in [9.17, 15) is 0 Å². The first-order valence-electron chi connectivity index (χ1n) is 6.14. The molecule has 5 heteroatoms. The minimum Gasteiger partial charge on any atom is -0.380 e. The van der Waals surface area contributed by atoms with Crippen LogP contribution in [0, 0.1) is 0 Å². The van der Waals surface area contributed by atoms with Gasteiger partial charge in [0.1, 0.15) is 0 Å². The maximum absolute atomic E-state index is 5.72. The molecule has 2 N–H and O–H groups in total. The van der Waals surface area contributed by atoms with Crippen LogP contribution in [0.5, 0.6) is 0 Å². The number of fused-ring (bicyclic) bond motifs is 1. The van der Waals surface area contributed by atoms with Crippen molar-refractivity contribution in [3.63, 3.8) is 0 Å². The van der Waals surface area contributed by atoms with Crippen LogP contribution in [0.2, 0.25) is 0 Å². The fourth-order valence-electron chi connectivity index (χ4n) is 2.48. The Hall–Kier alpha value is -1.17. The van der Waals surface area contributed by atoms with Gasteiger partial charge in [0.25, 0.3) is 0 Å². The highest BCUT2D eigenvalue weighted by Crippen LogP contribution is 2.25. The summed E-state index contributed by atoms with van der Waals surface area (Å²) in [5.41, 5.74) is 8.04. The molecule has 1 aliphatic heterocycles. The number of anilines is 1. The largest absolute Gasteiger partial charge is 0.380 e. The number of hydrogen-bond donors (Lipinski definition) is 1. The zero-order valence-electron chi connectivity index (χ0n) is 10.4. The van der Waals surface area contributed by atoms with Gasteiger partial charge >= 0.3 is 0 Å². The normalized spacial score (nSPS) is 20.8. The fraction of sp³-hybridized carbons (Fsp3) is 0.462. The third-order valence-electron chi connectivity index (χ3n) is 3.44. The summed E-state index contributed by atoms with van der Waals surface area (Å²) in [6.45, 7) is 3.12. The molecule has 96 valence electrons. The summed E-state index contributed by atoms with van der Waals surface area (Å²) in [5.74, 6) is 0. The molecular formula is C13H17N3OS. The maximum atomic E-state index is 5.72. The van der Waals surface area contributed by atoms with Crippen LogP contribution in [0.3, 0.4) is 0 Å². The molecular weight excluding hydrogens is 246 g/mol. The Morgan fingerprint density at radius 3 is 3.22 bits per heavy atom. The third kappa shape index (κ3) is 2.34. The van der Waals surface area contributed by atoms with Crippen molar-refractivity contribution in [2.45, 2.75) is 19.1 Å². The number of rotatable bonds is 3. The predicted molar refractivity (Wildman–Crippen MR) is 74.7 cm³/mol. The minimum atomic E-state index is 0.396. The van der Waals surface area contributed by atoms with Gasteiger partial charge in [0, 0.05) is 26.7 Å². The summed E-state index contributed by atoms with van der Waals surface area (Å²) < 4.78 is 6.56. The molecule has 0 saturated carbocycles. The molecule has 2 aromatic rings. The van der Waals surface area contributed by atoms with E-state index in [1.165, 1.54) is 10.3 Å². The van der Waals surface area contributed by atoms with E-state index in [0.29, 0.717) is 11.2 Å². The quantitative estimate of drug-likeness (QED) is 0.921. The zero-order chi connectivity index (χ0) is 12.5. The first kappa shape index (κ1) is 11.9. The Labute approximate surface area is 110 Å². The molecule has 0 aliphatic carbocycles. The van der Waals surface area contributed by atoms with Crippen LogP contribution in [0.4, 0.5) is 5.13 Å². The summed E-state index contributed by atoms with van der Waals surface area (Å²) in [6, 6.07) is 6.40. The Morgan fingerprint density at radius 2 is 2.44 bits per heavy atom. The van der Waals surface area contributed by atoms with Gasteiger partial charge in [0.05, 0.1) is 16.3 Å². The SMILES string of the molecule is COC1CCN(Cc2ccc3nc(N)sc3c2)C1. The number of nitrogens with two attached hydrogens (primary N) is 1. The minimum absolute atomic E-state index is 0.396. The second-order valence-corrected chi connectivity index (χ2v) is 5.80. The number of methoxy groups -OCH3 is 1. The molecule has 1 aromatic heterocycles. The zero-order valence-corrected chi connectivity index (χ0v) is 11.2. The molecule has 1 saturated heterocycles. The van der Waals surface area contributed by atoms with Gasteiger partial charge < -0.3 is 10.5 Å². The van der Waals surface area contributed by atoms with E-state index in [0.717, 1.165) is 31.6 Å². The summed E-state index contributed by atoms with van der Waals surface area (Å²) in [4.78, 5) is 6.70. The molecule has 0 spiro atoms. The van der Waals surface area contributed by atoms with Gasteiger partial charge in [-0.1, -0.05) is 17.4 Å². The first-order chi connectivity index (χ1) is 8.74. The number of hydrogen-bond acceptors (Lipinski definition) is 5. The monoisotopic (exact) mass is 263 g/mol. The van der Waals surface area contributed by atoms with Crippen molar-refractivity contribution < 1.29 is 4.74 Å². The van der Waals surface area contributed by atoms with E-state index in [4.69, 9.17) is 10.5 Å². The summed E-state index contributed by atoms with van der Waals surface area (Å²) >= 11 is 1.55. The Bertz CT molecular complexity index is 554. The Kier molecular flexibility index (Phi) is 3.20. The molecule has 0 bridgehead atoms. The predicted octanol–water partition coefficient (Wildman–Crippen LogP) is 2.10. The van der Waals surface area contributed by atoms with Gasteiger partial charge in [-0.05, 0) is 24.1 Å². The highest BCUT2D eigenvalue weighted by atomic mass is 32.1. The van der Waals surface area contributed by atoms with Crippen molar-refractivity contribution in [2.75, 3.05) is 25.9 Å². The lowest BCUT2D eigenvalue weighted by atomic mass is 10.2. The fourth-order valence-corrected chi connectivity index (χ4v) is 3.27. The molecule has 1 fully saturated rings. The second-order valence-electron chi connectivity index (χ2n) is 4.74. The summed E-state index contributed by atoms with van der Waals surface area (Å²) in [6.07, 6.45) is 1.53. The molecule has 0 radical (unpaired) electrons. The van der Waals surface area contributed by atoms with Crippen molar-refractivity contribution >= 4 is 26.7 Å². The van der Waals surface area contributed by atoms with Crippen LogP contribution in [-0.2, 0) is 11.3 Å². The summed E-state index contributed by atoms with van der Waals surface area (Å²) in [5, 5.41) is 0.641. The standard InChI is InChI=1S/C13H17N3OS/c1-17-10-4-5-16(8-10)7-9-2-3-11-12(6-9)18-13(14)15-11/h2-3,6,10H,4-5,7-8H2,1H3,(H2,14,15). The average Bonchev–Trinajstić information content (AvgIpc) is 2.94. The van der Waals surface area contributed by atoms with E-state index in [1.807, 2.05) is 0 Å². The number of nitrogen functional groups attached to an aromatic ring is 1. The van der Waals surface area contributed by atoms with E-state index in [1.54, 1.807) is 18.4 Å². The van der Waals surface area contributed by atoms with Crippen LogP contribution >= 0.6 is 11.3 Å². The number of nitrogens with zero attached hydrogens (tertiary/aromatic N) is 2. The summed E-state index contributed by atoms with van der Waals surface area (Å²) in [7, 11) is 1.79. The highest BCUT2D eigenvalue weighted by molar-refractivity contribution is 7.22. The topological polar surface area (TPSA) is 51.4 Å².